The van der Waals surface area contributed by atoms with Gasteiger partial charge in [0.25, 0.3) is 0 Å². The van der Waals surface area contributed by atoms with E-state index in [9.17, 15) is 8.42 Å². The normalized spacial score (nSPS) is 12.0. The molecule has 0 aliphatic carbocycles. The topological polar surface area (TPSA) is 46.2 Å². The van der Waals surface area contributed by atoms with Crippen molar-refractivity contribution in [2.75, 3.05) is 5.21 Å². The third-order valence-electron chi connectivity index (χ3n) is 2.29. The van der Waals surface area contributed by atoms with Crippen molar-refractivity contribution < 1.29 is 8.42 Å². The van der Waals surface area contributed by atoms with Crippen molar-refractivity contribution in [3.05, 3.63) is 35.4 Å². The van der Waals surface area contributed by atoms with E-state index in [4.69, 9.17) is 11.6 Å². The Labute approximate surface area is 102 Å². The second-order valence-electron chi connectivity index (χ2n) is 3.94. The van der Waals surface area contributed by atoms with Crippen LogP contribution in [0.1, 0.15) is 30.9 Å². The van der Waals surface area contributed by atoms with Gasteiger partial charge in [0.05, 0.1) is 0 Å². The predicted octanol–water partition coefficient (Wildman–Crippen LogP) is 2.43. The molecule has 0 radical (unpaired) electrons. The highest BCUT2D eigenvalue weighted by Gasteiger charge is 2.07. The fourth-order valence-corrected chi connectivity index (χ4v) is 1.95. The van der Waals surface area contributed by atoms with Crippen LogP contribution in [0, 0.1) is 0 Å². The van der Waals surface area contributed by atoms with Crippen molar-refractivity contribution in [1.82, 2.24) is 4.72 Å². The van der Waals surface area contributed by atoms with Gasteiger partial charge < -0.3 is 0 Å². The quantitative estimate of drug-likeness (QED) is 0.828. The molecule has 16 heavy (non-hydrogen) atoms. The summed E-state index contributed by atoms with van der Waals surface area (Å²) in [5.41, 5.74) is 2.17. The van der Waals surface area contributed by atoms with Gasteiger partial charge in [-0.15, -0.1) is 11.6 Å². The molecule has 0 unspecified atom stereocenters. The Morgan fingerprint density at radius 3 is 2.25 bits per heavy atom. The third kappa shape index (κ3) is 4.12. The number of rotatable bonds is 5. The molecular weight excluding hydrogens is 246 g/mol. The molecule has 5 heteroatoms. The summed E-state index contributed by atoms with van der Waals surface area (Å²) in [4.78, 5) is 0. The Morgan fingerprint density at radius 1 is 1.25 bits per heavy atom. The van der Waals surface area contributed by atoms with Crippen molar-refractivity contribution in [1.29, 1.82) is 0 Å². The molecule has 0 aliphatic heterocycles. The predicted molar refractivity (Wildman–Crippen MR) is 67.0 cm³/mol. The van der Waals surface area contributed by atoms with Crippen LogP contribution in [0.2, 0.25) is 0 Å². The van der Waals surface area contributed by atoms with E-state index in [1.54, 1.807) is 0 Å². The molecule has 0 aromatic heterocycles. The average Bonchev–Trinajstić information content (AvgIpc) is 2.27. The van der Waals surface area contributed by atoms with Crippen molar-refractivity contribution in [2.24, 2.45) is 0 Å². The number of nitrogens with one attached hydrogen (secondary N) is 1. The zero-order chi connectivity index (χ0) is 12.2. The van der Waals surface area contributed by atoms with E-state index in [0.717, 1.165) is 5.56 Å². The number of halogens is 1. The van der Waals surface area contributed by atoms with Gasteiger partial charge in [0.1, 0.15) is 5.21 Å². The SMILES string of the molecule is CC(C)c1ccc(CNS(=O)(=O)CCl)cc1. The van der Waals surface area contributed by atoms with Crippen molar-refractivity contribution in [3.63, 3.8) is 0 Å². The van der Waals surface area contributed by atoms with Gasteiger partial charge in [0, 0.05) is 6.54 Å². The van der Waals surface area contributed by atoms with Crippen LogP contribution >= 0.6 is 11.6 Å². The summed E-state index contributed by atoms with van der Waals surface area (Å²) < 4.78 is 24.6. The largest absolute Gasteiger partial charge is 0.225 e. The Kier molecular flexibility index (Phi) is 4.77. The lowest BCUT2D eigenvalue weighted by atomic mass is 10.0. The van der Waals surface area contributed by atoms with Gasteiger partial charge in [-0.1, -0.05) is 38.1 Å². The fourth-order valence-electron chi connectivity index (χ4n) is 1.25. The molecule has 0 saturated carbocycles. The third-order valence-corrected chi connectivity index (χ3v) is 4.02. The lowest BCUT2D eigenvalue weighted by Crippen LogP contribution is -2.23. The van der Waals surface area contributed by atoms with Crippen LogP contribution < -0.4 is 4.72 Å². The molecule has 0 amide bonds. The number of alkyl halides is 1. The molecule has 0 fully saturated rings. The number of benzene rings is 1. The van der Waals surface area contributed by atoms with Gasteiger partial charge in [0.15, 0.2) is 0 Å². The van der Waals surface area contributed by atoms with Crippen molar-refractivity contribution in [2.45, 2.75) is 26.3 Å². The monoisotopic (exact) mass is 261 g/mol. The standard InChI is InChI=1S/C11H16ClNO2S/c1-9(2)11-5-3-10(4-6-11)7-13-16(14,15)8-12/h3-6,9,13H,7-8H2,1-2H3. The first kappa shape index (κ1) is 13.5. The molecule has 0 bridgehead atoms. The first-order valence-electron chi connectivity index (χ1n) is 5.07. The number of sulfonamides is 1. The van der Waals surface area contributed by atoms with Crippen molar-refractivity contribution >= 4 is 21.6 Å². The van der Waals surface area contributed by atoms with Crippen LogP contribution in [0.4, 0.5) is 0 Å². The van der Waals surface area contributed by atoms with E-state index in [0.29, 0.717) is 5.92 Å². The molecule has 90 valence electrons. The van der Waals surface area contributed by atoms with Gasteiger partial charge in [-0.3, -0.25) is 0 Å². The first-order valence-corrected chi connectivity index (χ1v) is 7.25. The van der Waals surface area contributed by atoms with E-state index in [2.05, 4.69) is 18.6 Å². The Bertz CT molecular complexity index is 426. The van der Waals surface area contributed by atoms with Gasteiger partial charge in [-0.25, -0.2) is 13.1 Å². The Morgan fingerprint density at radius 2 is 1.81 bits per heavy atom. The summed E-state index contributed by atoms with van der Waals surface area (Å²) in [5, 5.41) is -0.406. The van der Waals surface area contributed by atoms with Crippen LogP contribution in [0.25, 0.3) is 0 Å². The average molecular weight is 262 g/mol. The van der Waals surface area contributed by atoms with Gasteiger partial charge in [-0.2, -0.15) is 0 Å². The summed E-state index contributed by atoms with van der Waals surface area (Å²) in [6, 6.07) is 7.86. The Hall–Kier alpha value is -0.580. The maximum absolute atomic E-state index is 11.1. The minimum absolute atomic E-state index is 0.285. The minimum Gasteiger partial charge on any atom is -0.211 e. The van der Waals surface area contributed by atoms with Crippen LogP contribution in [0.3, 0.4) is 0 Å². The fraction of sp³-hybridized carbons (Fsp3) is 0.455. The van der Waals surface area contributed by atoms with Crippen LogP contribution in [-0.4, -0.2) is 13.6 Å². The van der Waals surface area contributed by atoms with E-state index in [1.807, 2.05) is 24.3 Å². The molecular formula is C11H16ClNO2S. The highest BCUT2D eigenvalue weighted by atomic mass is 35.5. The second kappa shape index (κ2) is 5.66. The number of hydrogen-bond acceptors (Lipinski definition) is 2. The smallest absolute Gasteiger partial charge is 0.211 e. The zero-order valence-corrected chi connectivity index (χ0v) is 11.0. The molecule has 3 nitrogen and oxygen atoms in total. The first-order chi connectivity index (χ1) is 7.44. The Balaban J connectivity index is 2.63. The minimum atomic E-state index is -3.33. The van der Waals surface area contributed by atoms with E-state index < -0.39 is 15.2 Å². The zero-order valence-electron chi connectivity index (χ0n) is 9.40. The van der Waals surface area contributed by atoms with E-state index in [1.165, 1.54) is 5.56 Å². The second-order valence-corrected chi connectivity index (χ2v) is 6.33. The summed E-state index contributed by atoms with van der Waals surface area (Å²) in [6.45, 7) is 4.52. The maximum Gasteiger partial charge on any atom is 0.225 e. The molecule has 1 aromatic carbocycles. The van der Waals surface area contributed by atoms with E-state index >= 15 is 0 Å². The summed E-state index contributed by atoms with van der Waals surface area (Å²) in [6.07, 6.45) is 0. The van der Waals surface area contributed by atoms with Crippen molar-refractivity contribution in [3.8, 4) is 0 Å². The summed E-state index contributed by atoms with van der Waals surface area (Å²) >= 11 is 5.28. The van der Waals surface area contributed by atoms with Crippen LogP contribution in [-0.2, 0) is 16.6 Å². The molecule has 0 saturated heterocycles. The lowest BCUT2D eigenvalue weighted by Gasteiger charge is -2.07. The molecule has 0 spiro atoms. The molecule has 0 atom stereocenters. The highest BCUT2D eigenvalue weighted by Crippen LogP contribution is 2.14. The highest BCUT2D eigenvalue weighted by molar-refractivity contribution is 7.90. The molecule has 0 heterocycles. The van der Waals surface area contributed by atoms with Crippen LogP contribution in [0.15, 0.2) is 24.3 Å². The molecule has 1 N–H and O–H groups in total. The summed E-state index contributed by atoms with van der Waals surface area (Å²) in [5.74, 6) is 0.480. The molecule has 1 aromatic rings. The van der Waals surface area contributed by atoms with E-state index in [-0.39, 0.29) is 6.54 Å². The van der Waals surface area contributed by atoms with Gasteiger partial charge >= 0.3 is 0 Å². The van der Waals surface area contributed by atoms with Gasteiger partial charge in [-0.05, 0) is 17.0 Å². The summed E-state index contributed by atoms with van der Waals surface area (Å²) in [7, 11) is -3.33. The van der Waals surface area contributed by atoms with Gasteiger partial charge in [0.2, 0.25) is 10.0 Å². The number of hydrogen-bond donors (Lipinski definition) is 1. The lowest BCUT2D eigenvalue weighted by molar-refractivity contribution is 0.586. The van der Waals surface area contributed by atoms with Crippen LogP contribution in [0.5, 0.6) is 0 Å². The molecule has 1 rings (SSSR count). The molecule has 0 aliphatic rings. The maximum atomic E-state index is 11.1.